The van der Waals surface area contributed by atoms with Crippen LogP contribution >= 0.6 is 15.2 Å². The van der Waals surface area contributed by atoms with Crippen LogP contribution in [0, 0.1) is 0 Å². The second kappa shape index (κ2) is 8.79. The predicted molar refractivity (Wildman–Crippen MR) is 96.4 cm³/mol. The van der Waals surface area contributed by atoms with E-state index in [1.807, 2.05) is 20.8 Å². The predicted octanol–water partition coefficient (Wildman–Crippen LogP) is 5.43. The average Bonchev–Trinajstić information content (AvgIpc) is 2.72. The van der Waals surface area contributed by atoms with Crippen LogP contribution in [-0.4, -0.2) is 26.9 Å². The van der Waals surface area contributed by atoms with Crippen LogP contribution < -0.4 is 0 Å². The zero-order chi connectivity index (χ0) is 18.5. The van der Waals surface area contributed by atoms with Crippen molar-refractivity contribution >= 4 is 15.2 Å². The Morgan fingerprint density at radius 2 is 1.58 bits per heavy atom. The zero-order valence-corrected chi connectivity index (χ0v) is 17.3. The molecule has 1 aliphatic rings. The van der Waals surface area contributed by atoms with Gasteiger partial charge in [0.25, 0.3) is 0 Å². The maximum absolute atomic E-state index is 13.6. The molecule has 0 amide bonds. The third-order valence-electron chi connectivity index (χ3n) is 4.92. The zero-order valence-electron chi connectivity index (χ0n) is 15.5. The molecule has 0 aromatic rings. The summed E-state index contributed by atoms with van der Waals surface area (Å²) in [6.45, 7) is 7.78. The van der Waals surface area contributed by atoms with Crippen molar-refractivity contribution in [1.82, 2.24) is 0 Å². The number of hydrogen-bond donors (Lipinski definition) is 2. The first-order valence-electron chi connectivity index (χ1n) is 9.11. The summed E-state index contributed by atoms with van der Waals surface area (Å²) in [4.78, 5) is 19.5. The topological polar surface area (TPSA) is 93.1 Å². The smallest absolute Gasteiger partial charge is 0.322 e. The Hall–Kier alpha value is 0.300. The van der Waals surface area contributed by atoms with Gasteiger partial charge in [0, 0.05) is 6.42 Å². The molecule has 24 heavy (non-hydrogen) atoms. The third kappa shape index (κ3) is 4.72. The minimum Gasteiger partial charge on any atom is -0.322 e. The van der Waals surface area contributed by atoms with Gasteiger partial charge in [-0.05, 0) is 26.2 Å². The van der Waals surface area contributed by atoms with Crippen molar-refractivity contribution in [1.29, 1.82) is 0 Å². The highest BCUT2D eigenvalue weighted by Gasteiger charge is 2.67. The molecule has 0 aromatic carbocycles. The van der Waals surface area contributed by atoms with Crippen molar-refractivity contribution in [3.63, 3.8) is 0 Å². The van der Waals surface area contributed by atoms with Crippen molar-refractivity contribution in [2.24, 2.45) is 0 Å². The van der Waals surface area contributed by atoms with Gasteiger partial charge >= 0.3 is 15.2 Å². The van der Waals surface area contributed by atoms with E-state index < -0.39 is 25.7 Å². The van der Waals surface area contributed by atoms with Gasteiger partial charge in [0.1, 0.15) is 0 Å². The van der Waals surface area contributed by atoms with Crippen LogP contribution in [0.5, 0.6) is 0 Å². The number of hydrogen-bond acceptors (Lipinski definition) is 4. The lowest BCUT2D eigenvalue weighted by Crippen LogP contribution is -2.31. The number of unbranched alkanes of at least 4 members (excludes halogenated alkanes) is 3. The molecule has 144 valence electrons. The molecule has 6 nitrogen and oxygen atoms in total. The molecule has 2 atom stereocenters. The lowest BCUT2D eigenvalue weighted by atomic mass is 9.89. The average molecular weight is 384 g/mol. The first kappa shape index (κ1) is 22.3. The van der Waals surface area contributed by atoms with Crippen LogP contribution in [0.4, 0.5) is 0 Å². The van der Waals surface area contributed by atoms with Crippen molar-refractivity contribution in [2.75, 3.05) is 6.61 Å². The Balaban J connectivity index is 3.23. The molecular formula is C16H34O6P2. The normalized spacial score (nSPS) is 29.9. The molecule has 0 radical (unpaired) electrons. The van der Waals surface area contributed by atoms with Gasteiger partial charge in [-0.2, -0.15) is 0 Å². The van der Waals surface area contributed by atoms with Crippen LogP contribution in [0.15, 0.2) is 0 Å². The van der Waals surface area contributed by atoms with Gasteiger partial charge in [-0.1, -0.05) is 52.9 Å². The van der Waals surface area contributed by atoms with Gasteiger partial charge in [-0.25, -0.2) is 0 Å². The van der Waals surface area contributed by atoms with Gasteiger partial charge in [0.2, 0.25) is 0 Å². The highest BCUT2D eigenvalue weighted by molar-refractivity contribution is 7.59. The van der Waals surface area contributed by atoms with Crippen molar-refractivity contribution < 1.29 is 28.0 Å². The molecule has 1 heterocycles. The van der Waals surface area contributed by atoms with Gasteiger partial charge in [0.05, 0.1) is 11.8 Å². The van der Waals surface area contributed by atoms with E-state index in [0.29, 0.717) is 19.4 Å². The van der Waals surface area contributed by atoms with Gasteiger partial charge in [-0.3, -0.25) is 13.7 Å². The second-order valence-corrected chi connectivity index (χ2v) is 11.5. The van der Waals surface area contributed by atoms with Gasteiger partial charge in [0.15, 0.2) is 5.34 Å². The fraction of sp³-hybridized carbons (Fsp3) is 1.00. The summed E-state index contributed by atoms with van der Waals surface area (Å²) in [5.41, 5.74) is 0. The van der Waals surface area contributed by atoms with Crippen LogP contribution in [0.2, 0.25) is 0 Å². The highest BCUT2D eigenvalue weighted by atomic mass is 31.2. The fourth-order valence-electron chi connectivity index (χ4n) is 3.33. The molecule has 8 heteroatoms. The van der Waals surface area contributed by atoms with Gasteiger partial charge in [-0.15, -0.1) is 0 Å². The molecule has 2 N–H and O–H groups in total. The summed E-state index contributed by atoms with van der Waals surface area (Å²) in [7, 11) is -8.17. The molecule has 0 spiro atoms. The molecule has 0 aromatic heterocycles. The van der Waals surface area contributed by atoms with Crippen molar-refractivity contribution in [3.05, 3.63) is 0 Å². The summed E-state index contributed by atoms with van der Waals surface area (Å²) >= 11 is 0. The minimum absolute atomic E-state index is 0.0910. The standard InChI is InChI=1S/C16H34O6P2/c1-5-8-11-16(12-9-6-2)14-15(4,23(17,18)19)22-24(16,20)21-13-10-7-3/h5-14H2,1-4H3,(H2,17,18,19). The Morgan fingerprint density at radius 3 is 2.00 bits per heavy atom. The minimum atomic E-state index is -4.56. The van der Waals surface area contributed by atoms with Crippen LogP contribution in [-0.2, 0) is 18.2 Å². The van der Waals surface area contributed by atoms with Crippen molar-refractivity contribution in [3.8, 4) is 0 Å². The third-order valence-corrected chi connectivity index (χ3v) is 9.48. The van der Waals surface area contributed by atoms with Crippen LogP contribution in [0.3, 0.4) is 0 Å². The monoisotopic (exact) mass is 384 g/mol. The molecule has 0 saturated carbocycles. The second-order valence-electron chi connectivity index (χ2n) is 7.10. The molecule has 2 unspecified atom stereocenters. The SMILES string of the molecule is CCCCOP1(=O)OC(C)(P(=O)(O)O)CC1(CCCC)CCCC. The summed E-state index contributed by atoms with van der Waals surface area (Å²) < 4.78 is 37.0. The quantitative estimate of drug-likeness (QED) is 0.364. The lowest BCUT2D eigenvalue weighted by Gasteiger charge is -2.33. The van der Waals surface area contributed by atoms with Gasteiger partial charge < -0.3 is 14.3 Å². The summed E-state index contributed by atoms with van der Waals surface area (Å²) in [5, 5.41) is -2.52. The Labute approximate surface area is 146 Å². The van der Waals surface area contributed by atoms with E-state index in [2.05, 4.69) is 0 Å². The summed E-state index contributed by atoms with van der Waals surface area (Å²) in [6.07, 6.45) is 6.49. The fourth-order valence-corrected chi connectivity index (χ4v) is 7.54. The maximum Gasteiger partial charge on any atom is 0.357 e. The van der Waals surface area contributed by atoms with E-state index in [1.54, 1.807) is 0 Å². The molecule has 1 rings (SSSR count). The molecule has 0 aliphatic carbocycles. The maximum atomic E-state index is 13.6. The van der Waals surface area contributed by atoms with E-state index in [-0.39, 0.29) is 6.42 Å². The Kier molecular flexibility index (Phi) is 8.19. The van der Waals surface area contributed by atoms with Crippen LogP contribution in [0.1, 0.15) is 85.5 Å². The first-order chi connectivity index (χ1) is 11.1. The Morgan fingerprint density at radius 1 is 1.08 bits per heavy atom. The van der Waals surface area contributed by atoms with Crippen LogP contribution in [0.25, 0.3) is 0 Å². The molecule has 1 fully saturated rings. The Bertz CT molecular complexity index is 481. The highest BCUT2D eigenvalue weighted by Crippen LogP contribution is 2.79. The summed E-state index contributed by atoms with van der Waals surface area (Å²) in [5.74, 6) is 0. The van der Waals surface area contributed by atoms with E-state index in [9.17, 15) is 18.9 Å². The summed E-state index contributed by atoms with van der Waals surface area (Å²) in [6, 6.07) is 0. The largest absolute Gasteiger partial charge is 0.357 e. The van der Waals surface area contributed by atoms with E-state index in [4.69, 9.17) is 9.05 Å². The molecule has 0 bridgehead atoms. The van der Waals surface area contributed by atoms with E-state index in [1.165, 1.54) is 6.92 Å². The molecule has 1 aliphatic heterocycles. The van der Waals surface area contributed by atoms with Crippen molar-refractivity contribution in [2.45, 2.75) is 96.0 Å². The molecular weight excluding hydrogens is 350 g/mol. The number of rotatable bonds is 11. The lowest BCUT2D eigenvalue weighted by molar-refractivity contribution is 0.126. The van der Waals surface area contributed by atoms with E-state index in [0.717, 1.165) is 38.5 Å². The molecule has 1 saturated heterocycles. The first-order valence-corrected chi connectivity index (χ1v) is 12.3. The van der Waals surface area contributed by atoms with E-state index >= 15 is 0 Å².